The first kappa shape index (κ1) is 23.0. The topological polar surface area (TPSA) is 87.6 Å². The fourth-order valence-electron chi connectivity index (χ4n) is 2.98. The fourth-order valence-corrected chi connectivity index (χ4v) is 4.27. The smallest absolute Gasteiger partial charge is 0.267 e. The van der Waals surface area contributed by atoms with E-state index in [9.17, 15) is 9.90 Å². The number of halogens is 2. The summed E-state index contributed by atoms with van der Waals surface area (Å²) in [6, 6.07) is 13.5. The number of carbonyl (C=O) groups is 1. The summed E-state index contributed by atoms with van der Waals surface area (Å²) in [6.07, 6.45) is 4.71. The number of furan rings is 1. The van der Waals surface area contributed by atoms with E-state index in [-0.39, 0.29) is 18.2 Å². The molecular weight excluding hydrogens is 485 g/mol. The number of rotatable bonds is 6. The summed E-state index contributed by atoms with van der Waals surface area (Å²) in [5.74, 6) is 0.675. The van der Waals surface area contributed by atoms with Gasteiger partial charge in [0.2, 0.25) is 0 Å². The highest BCUT2D eigenvalue weighted by atomic mass is 35.5. The summed E-state index contributed by atoms with van der Waals surface area (Å²) in [4.78, 5) is 15.1. The summed E-state index contributed by atoms with van der Waals surface area (Å²) in [5, 5.41) is 19.3. The molecule has 0 unspecified atom stereocenters. The minimum atomic E-state index is -0.252. The van der Waals surface area contributed by atoms with Crippen LogP contribution in [0.4, 0.5) is 0 Å². The highest BCUT2D eigenvalue weighted by molar-refractivity contribution is 8.18. The van der Waals surface area contributed by atoms with Gasteiger partial charge in [0.25, 0.3) is 5.91 Å². The molecule has 0 atom stereocenters. The Bertz CT molecular complexity index is 1270. The molecule has 1 N–H and O–H groups in total. The number of hydrogen-bond acceptors (Lipinski definition) is 7. The van der Waals surface area contributed by atoms with Gasteiger partial charge in [-0.1, -0.05) is 41.4 Å². The second-order valence-electron chi connectivity index (χ2n) is 6.78. The number of aromatic hydroxyl groups is 1. The minimum absolute atomic E-state index is 0.0146. The van der Waals surface area contributed by atoms with Crippen LogP contribution in [0.1, 0.15) is 16.9 Å². The number of phenols is 1. The number of phenolic OH excluding ortho intramolecular Hbond substituents is 1. The van der Waals surface area contributed by atoms with Crippen LogP contribution in [0.5, 0.6) is 11.5 Å². The van der Waals surface area contributed by atoms with Gasteiger partial charge in [0.1, 0.15) is 5.76 Å². The molecule has 4 rings (SSSR count). The normalized spacial score (nSPS) is 16.5. The highest BCUT2D eigenvalue weighted by Gasteiger charge is 2.34. The molecule has 1 amide bonds. The lowest BCUT2D eigenvalue weighted by Crippen LogP contribution is -2.28. The van der Waals surface area contributed by atoms with Crippen molar-refractivity contribution in [2.75, 3.05) is 7.11 Å². The van der Waals surface area contributed by atoms with Gasteiger partial charge in [0.05, 0.1) is 41.1 Å². The third-order valence-electron chi connectivity index (χ3n) is 4.61. The predicted octanol–water partition coefficient (Wildman–Crippen LogP) is 5.81. The van der Waals surface area contributed by atoms with Crippen LogP contribution in [-0.4, -0.2) is 34.4 Å². The van der Waals surface area contributed by atoms with E-state index in [1.54, 1.807) is 54.8 Å². The Morgan fingerprint density at radius 3 is 2.82 bits per heavy atom. The van der Waals surface area contributed by atoms with Crippen molar-refractivity contribution in [3.05, 3.63) is 86.6 Å². The summed E-state index contributed by atoms with van der Waals surface area (Å²) < 4.78 is 10.5. The molecule has 1 fully saturated rings. The quantitative estimate of drug-likeness (QED) is 0.261. The molecule has 2 aromatic carbocycles. The molecule has 1 aromatic heterocycles. The van der Waals surface area contributed by atoms with Crippen LogP contribution < -0.4 is 4.74 Å². The maximum Gasteiger partial charge on any atom is 0.267 e. The molecule has 168 valence electrons. The summed E-state index contributed by atoms with van der Waals surface area (Å²) in [6.45, 7) is 0.196. The molecule has 0 saturated carbocycles. The molecule has 1 aliphatic rings. The van der Waals surface area contributed by atoms with Gasteiger partial charge in [0.15, 0.2) is 16.7 Å². The first-order valence-electron chi connectivity index (χ1n) is 9.62. The van der Waals surface area contributed by atoms with E-state index in [2.05, 4.69) is 10.2 Å². The third kappa shape index (κ3) is 5.24. The van der Waals surface area contributed by atoms with Crippen LogP contribution in [-0.2, 0) is 11.3 Å². The lowest BCUT2D eigenvalue weighted by Gasteiger charge is -2.12. The van der Waals surface area contributed by atoms with E-state index < -0.39 is 0 Å². The number of benzene rings is 2. The molecule has 2 heterocycles. The van der Waals surface area contributed by atoms with E-state index in [1.807, 2.05) is 0 Å². The van der Waals surface area contributed by atoms with E-state index in [1.165, 1.54) is 36.1 Å². The van der Waals surface area contributed by atoms with Crippen molar-refractivity contribution >= 4 is 58.3 Å². The van der Waals surface area contributed by atoms with Crippen LogP contribution in [0.2, 0.25) is 10.0 Å². The monoisotopic (exact) mass is 501 g/mol. The molecular formula is C23H17Cl2N3O4S. The Labute approximate surface area is 204 Å². The lowest BCUT2D eigenvalue weighted by molar-refractivity contribution is -0.122. The second kappa shape index (κ2) is 10.2. The van der Waals surface area contributed by atoms with Crippen LogP contribution in [0, 0.1) is 0 Å². The van der Waals surface area contributed by atoms with E-state index in [4.69, 9.17) is 32.4 Å². The number of hydrogen-bond donors (Lipinski definition) is 1. The van der Waals surface area contributed by atoms with Gasteiger partial charge in [-0.15, -0.1) is 5.10 Å². The van der Waals surface area contributed by atoms with Crippen molar-refractivity contribution in [2.45, 2.75) is 6.54 Å². The van der Waals surface area contributed by atoms with Crippen molar-refractivity contribution in [3.63, 3.8) is 0 Å². The molecule has 0 bridgehead atoms. The molecule has 33 heavy (non-hydrogen) atoms. The van der Waals surface area contributed by atoms with Crippen molar-refractivity contribution in [3.8, 4) is 11.5 Å². The third-order valence-corrected chi connectivity index (χ3v) is 6.44. The first-order chi connectivity index (χ1) is 16.0. The summed E-state index contributed by atoms with van der Waals surface area (Å²) >= 11 is 13.4. The highest BCUT2D eigenvalue weighted by Crippen LogP contribution is 2.35. The number of nitrogens with zero attached hydrogens (tertiary/aromatic N) is 3. The van der Waals surface area contributed by atoms with Gasteiger partial charge in [0, 0.05) is 5.56 Å². The maximum absolute atomic E-state index is 13.1. The summed E-state index contributed by atoms with van der Waals surface area (Å²) in [7, 11) is 1.46. The SMILES string of the molecule is COc1cc(/C=C2\S/C(=N/N=C\c3cccc(Cl)c3Cl)N(Cc3ccco3)C2=O)ccc1O. The number of methoxy groups -OCH3 is 1. The maximum atomic E-state index is 13.1. The van der Waals surface area contributed by atoms with Crippen LogP contribution in [0.3, 0.4) is 0 Å². The van der Waals surface area contributed by atoms with Gasteiger partial charge >= 0.3 is 0 Å². The van der Waals surface area contributed by atoms with Gasteiger partial charge in [-0.3, -0.25) is 9.69 Å². The molecule has 0 aliphatic carbocycles. The molecule has 1 saturated heterocycles. The Morgan fingerprint density at radius 1 is 1.21 bits per heavy atom. The predicted molar refractivity (Wildman–Crippen MR) is 131 cm³/mol. The van der Waals surface area contributed by atoms with Gasteiger partial charge < -0.3 is 14.3 Å². The van der Waals surface area contributed by atoms with Gasteiger partial charge in [-0.25, -0.2) is 0 Å². The van der Waals surface area contributed by atoms with E-state index >= 15 is 0 Å². The van der Waals surface area contributed by atoms with Gasteiger partial charge in [-0.2, -0.15) is 5.10 Å². The van der Waals surface area contributed by atoms with E-state index in [0.29, 0.717) is 42.8 Å². The van der Waals surface area contributed by atoms with Crippen molar-refractivity contribution in [2.24, 2.45) is 10.2 Å². The average Bonchev–Trinajstić information content (AvgIpc) is 3.42. The number of ether oxygens (including phenoxy) is 1. The second-order valence-corrected chi connectivity index (χ2v) is 8.58. The van der Waals surface area contributed by atoms with Crippen LogP contribution >= 0.6 is 35.0 Å². The number of thioether (sulfide) groups is 1. The van der Waals surface area contributed by atoms with Crippen molar-refractivity contribution < 1.29 is 19.1 Å². The van der Waals surface area contributed by atoms with Gasteiger partial charge in [-0.05, 0) is 53.7 Å². The Morgan fingerprint density at radius 2 is 2.06 bits per heavy atom. The Balaban J connectivity index is 1.65. The van der Waals surface area contributed by atoms with Crippen molar-refractivity contribution in [1.29, 1.82) is 0 Å². The Kier molecular flexibility index (Phi) is 7.08. The van der Waals surface area contributed by atoms with Crippen LogP contribution in [0.15, 0.2) is 74.3 Å². The molecule has 0 radical (unpaired) electrons. The largest absolute Gasteiger partial charge is 0.504 e. The zero-order valence-corrected chi connectivity index (χ0v) is 19.6. The molecule has 10 heteroatoms. The fraction of sp³-hybridized carbons (Fsp3) is 0.0870. The molecule has 1 aliphatic heterocycles. The molecule has 7 nitrogen and oxygen atoms in total. The van der Waals surface area contributed by atoms with Crippen molar-refractivity contribution in [1.82, 2.24) is 4.90 Å². The Hall–Kier alpha value is -3.20. The standard InChI is InChI=1S/C23H17Cl2N3O4S/c1-31-19-10-14(7-8-18(19)29)11-20-22(30)28(13-16-5-3-9-32-16)23(33-20)27-26-12-15-4-2-6-17(24)21(15)25/h2-12,29H,13H2,1H3/b20-11-,26-12-,27-23+. The summed E-state index contributed by atoms with van der Waals surface area (Å²) in [5.41, 5.74) is 1.29. The number of amides is 1. The minimum Gasteiger partial charge on any atom is -0.504 e. The number of carbonyl (C=O) groups excluding carboxylic acids is 1. The lowest BCUT2D eigenvalue weighted by atomic mass is 10.2. The zero-order valence-electron chi connectivity index (χ0n) is 17.2. The van der Waals surface area contributed by atoms with Crippen LogP contribution in [0.25, 0.3) is 6.08 Å². The molecule has 3 aromatic rings. The first-order valence-corrected chi connectivity index (χ1v) is 11.2. The average molecular weight is 502 g/mol. The number of amidine groups is 1. The van der Waals surface area contributed by atoms with E-state index in [0.717, 1.165) is 0 Å². The molecule has 0 spiro atoms. The zero-order chi connectivity index (χ0) is 23.4.